The Morgan fingerprint density at radius 3 is 2.00 bits per heavy atom. The van der Waals surface area contributed by atoms with Gasteiger partial charge in [-0.1, -0.05) is 12.8 Å². The van der Waals surface area contributed by atoms with Gasteiger partial charge in [0.2, 0.25) is 0 Å². The third kappa shape index (κ3) is 5.35. The van der Waals surface area contributed by atoms with Crippen molar-refractivity contribution in [1.29, 1.82) is 0 Å². The lowest BCUT2D eigenvalue weighted by atomic mass is 10.1. The lowest BCUT2D eigenvalue weighted by Gasteiger charge is -2.20. The molecule has 5 nitrogen and oxygen atoms in total. The lowest BCUT2D eigenvalue weighted by Crippen LogP contribution is -2.31. The molecule has 2 aromatic carbocycles. The van der Waals surface area contributed by atoms with Crippen LogP contribution in [0.1, 0.15) is 60.2 Å². The molecule has 0 saturated carbocycles. The summed E-state index contributed by atoms with van der Waals surface area (Å²) in [5, 5.41) is 2.87. The second-order valence-corrected chi connectivity index (χ2v) is 7.43. The molecule has 0 spiro atoms. The van der Waals surface area contributed by atoms with Crippen molar-refractivity contribution in [2.75, 3.05) is 18.4 Å². The van der Waals surface area contributed by atoms with Crippen LogP contribution in [0.25, 0.3) is 0 Å². The molecule has 1 fully saturated rings. The average Bonchev–Trinajstić information content (AvgIpc) is 2.97. The predicted octanol–water partition coefficient (Wildman–Crippen LogP) is 4.74. The first kappa shape index (κ1) is 19.9. The molecule has 148 valence electrons. The highest BCUT2D eigenvalue weighted by atomic mass is 16.5. The summed E-state index contributed by atoms with van der Waals surface area (Å²) in [5.74, 6) is 0.617. The van der Waals surface area contributed by atoms with E-state index in [0.717, 1.165) is 31.7 Å². The van der Waals surface area contributed by atoms with Gasteiger partial charge >= 0.3 is 0 Å². The number of hydrogen-bond donors (Lipinski definition) is 1. The van der Waals surface area contributed by atoms with Crippen molar-refractivity contribution in [3.05, 3.63) is 59.7 Å². The monoisotopic (exact) mass is 380 g/mol. The zero-order valence-electron chi connectivity index (χ0n) is 16.6. The maximum absolute atomic E-state index is 12.6. The maximum Gasteiger partial charge on any atom is 0.255 e. The summed E-state index contributed by atoms with van der Waals surface area (Å²) >= 11 is 0. The highest BCUT2D eigenvalue weighted by molar-refractivity contribution is 6.04. The number of carbonyl (C=O) groups excluding carboxylic acids is 2. The molecule has 3 rings (SSSR count). The predicted molar refractivity (Wildman–Crippen MR) is 111 cm³/mol. The summed E-state index contributed by atoms with van der Waals surface area (Å²) in [6, 6.07) is 14.2. The van der Waals surface area contributed by atoms with Gasteiger partial charge in [0.25, 0.3) is 11.8 Å². The van der Waals surface area contributed by atoms with Crippen LogP contribution in [0, 0.1) is 0 Å². The number of likely N-dealkylation sites (tertiary alicyclic amines) is 1. The number of benzene rings is 2. The second-order valence-electron chi connectivity index (χ2n) is 7.43. The Kier molecular flexibility index (Phi) is 6.69. The van der Waals surface area contributed by atoms with Gasteiger partial charge in [-0.05, 0) is 75.2 Å². The largest absolute Gasteiger partial charge is 0.491 e. The SMILES string of the molecule is CC(C)Oc1ccc(C(=O)Nc2ccc(C(=O)N3CCCCCC3)cc2)cc1. The molecule has 5 heteroatoms. The normalized spacial score (nSPS) is 14.5. The van der Waals surface area contributed by atoms with E-state index >= 15 is 0 Å². The zero-order chi connectivity index (χ0) is 19.9. The summed E-state index contributed by atoms with van der Waals surface area (Å²) < 4.78 is 5.59. The lowest BCUT2D eigenvalue weighted by molar-refractivity contribution is 0.0761. The molecule has 0 bridgehead atoms. The van der Waals surface area contributed by atoms with E-state index in [1.807, 2.05) is 18.7 Å². The molecule has 1 N–H and O–H groups in total. The van der Waals surface area contributed by atoms with Crippen molar-refractivity contribution in [1.82, 2.24) is 4.90 Å². The van der Waals surface area contributed by atoms with Gasteiger partial charge in [0.05, 0.1) is 6.10 Å². The van der Waals surface area contributed by atoms with Crippen LogP contribution in [0.15, 0.2) is 48.5 Å². The molecular formula is C23H28N2O3. The maximum atomic E-state index is 12.6. The van der Waals surface area contributed by atoms with E-state index in [4.69, 9.17) is 4.74 Å². The third-order valence-electron chi connectivity index (χ3n) is 4.77. The van der Waals surface area contributed by atoms with Crippen molar-refractivity contribution >= 4 is 17.5 Å². The fourth-order valence-corrected chi connectivity index (χ4v) is 3.31. The minimum atomic E-state index is -0.192. The van der Waals surface area contributed by atoms with Crippen molar-refractivity contribution in [3.8, 4) is 5.75 Å². The van der Waals surface area contributed by atoms with Crippen LogP contribution < -0.4 is 10.1 Å². The van der Waals surface area contributed by atoms with Crippen LogP contribution in [0.2, 0.25) is 0 Å². The number of amides is 2. The summed E-state index contributed by atoms with van der Waals surface area (Å²) in [6.07, 6.45) is 4.62. The van der Waals surface area contributed by atoms with Crippen molar-refractivity contribution in [2.45, 2.75) is 45.6 Å². The Morgan fingerprint density at radius 1 is 0.857 bits per heavy atom. The Bertz CT molecular complexity index is 790. The van der Waals surface area contributed by atoms with Gasteiger partial charge in [0.15, 0.2) is 0 Å². The molecule has 28 heavy (non-hydrogen) atoms. The number of hydrogen-bond acceptors (Lipinski definition) is 3. The minimum absolute atomic E-state index is 0.0699. The van der Waals surface area contributed by atoms with E-state index in [0.29, 0.717) is 16.8 Å². The molecule has 0 aromatic heterocycles. The number of ether oxygens (including phenoxy) is 1. The number of anilines is 1. The van der Waals surface area contributed by atoms with E-state index in [-0.39, 0.29) is 17.9 Å². The minimum Gasteiger partial charge on any atom is -0.491 e. The van der Waals surface area contributed by atoms with Crippen LogP contribution >= 0.6 is 0 Å². The quantitative estimate of drug-likeness (QED) is 0.815. The van der Waals surface area contributed by atoms with Gasteiger partial charge < -0.3 is 15.0 Å². The number of nitrogens with one attached hydrogen (secondary N) is 1. The standard InChI is InChI=1S/C23H28N2O3/c1-17(2)28-21-13-9-18(10-14-21)22(26)24-20-11-7-19(8-12-20)23(27)25-15-5-3-4-6-16-25/h7-14,17H,3-6,15-16H2,1-2H3,(H,24,26). The molecule has 1 aliphatic heterocycles. The molecule has 0 atom stereocenters. The fraction of sp³-hybridized carbons (Fsp3) is 0.391. The van der Waals surface area contributed by atoms with Crippen molar-refractivity contribution in [3.63, 3.8) is 0 Å². The number of rotatable bonds is 5. The van der Waals surface area contributed by atoms with E-state index < -0.39 is 0 Å². The summed E-state index contributed by atoms with van der Waals surface area (Å²) in [4.78, 5) is 27.0. The third-order valence-corrected chi connectivity index (χ3v) is 4.77. The number of nitrogens with zero attached hydrogens (tertiary/aromatic N) is 1. The van der Waals surface area contributed by atoms with E-state index in [1.54, 1.807) is 48.5 Å². The van der Waals surface area contributed by atoms with E-state index in [9.17, 15) is 9.59 Å². The van der Waals surface area contributed by atoms with Crippen molar-refractivity contribution < 1.29 is 14.3 Å². The molecule has 0 radical (unpaired) electrons. The Balaban J connectivity index is 1.60. The fourth-order valence-electron chi connectivity index (χ4n) is 3.31. The average molecular weight is 380 g/mol. The molecule has 2 amide bonds. The first-order valence-corrected chi connectivity index (χ1v) is 10.0. The highest BCUT2D eigenvalue weighted by Crippen LogP contribution is 2.18. The molecule has 1 heterocycles. The highest BCUT2D eigenvalue weighted by Gasteiger charge is 2.17. The molecule has 2 aromatic rings. The second kappa shape index (κ2) is 9.40. The summed E-state index contributed by atoms with van der Waals surface area (Å²) in [5.41, 5.74) is 1.89. The van der Waals surface area contributed by atoms with Crippen LogP contribution in [0.5, 0.6) is 5.75 Å². The van der Waals surface area contributed by atoms with Crippen LogP contribution in [0.3, 0.4) is 0 Å². The van der Waals surface area contributed by atoms with Gasteiger partial charge in [0.1, 0.15) is 5.75 Å². The summed E-state index contributed by atoms with van der Waals surface area (Å²) in [6.45, 7) is 5.57. The van der Waals surface area contributed by atoms with Gasteiger partial charge in [0, 0.05) is 29.9 Å². The van der Waals surface area contributed by atoms with Gasteiger partial charge in [-0.3, -0.25) is 9.59 Å². The van der Waals surface area contributed by atoms with Crippen LogP contribution in [0.4, 0.5) is 5.69 Å². The van der Waals surface area contributed by atoms with E-state index in [1.165, 1.54) is 12.8 Å². The molecule has 1 aliphatic rings. The van der Waals surface area contributed by atoms with Crippen LogP contribution in [-0.4, -0.2) is 35.9 Å². The smallest absolute Gasteiger partial charge is 0.255 e. The first-order valence-electron chi connectivity index (χ1n) is 10.0. The zero-order valence-corrected chi connectivity index (χ0v) is 16.6. The number of carbonyl (C=O) groups is 2. The Labute approximate surface area is 166 Å². The van der Waals surface area contributed by atoms with Crippen LogP contribution in [-0.2, 0) is 0 Å². The first-order chi connectivity index (χ1) is 13.5. The molecule has 1 saturated heterocycles. The van der Waals surface area contributed by atoms with Gasteiger partial charge in [-0.25, -0.2) is 0 Å². The molecular weight excluding hydrogens is 352 g/mol. The Hall–Kier alpha value is -2.82. The van der Waals surface area contributed by atoms with Gasteiger partial charge in [-0.15, -0.1) is 0 Å². The molecule has 0 unspecified atom stereocenters. The summed E-state index contributed by atoms with van der Waals surface area (Å²) in [7, 11) is 0. The van der Waals surface area contributed by atoms with Gasteiger partial charge in [-0.2, -0.15) is 0 Å². The molecule has 0 aliphatic carbocycles. The van der Waals surface area contributed by atoms with Crippen molar-refractivity contribution in [2.24, 2.45) is 0 Å². The van der Waals surface area contributed by atoms with E-state index in [2.05, 4.69) is 5.32 Å². The Morgan fingerprint density at radius 2 is 1.43 bits per heavy atom. The topological polar surface area (TPSA) is 58.6 Å².